The number of aryl methyl sites for hydroxylation is 1. The third-order valence-corrected chi connectivity index (χ3v) is 3.99. The van der Waals surface area contributed by atoms with Gasteiger partial charge in [-0.1, -0.05) is 13.8 Å². The highest BCUT2D eigenvalue weighted by atomic mass is 16.1. The Morgan fingerprint density at radius 2 is 2.17 bits per heavy atom. The molecule has 2 unspecified atom stereocenters. The standard InChI is InChI=1S/C14H23N3O/c1-8-5-10-11(15)6-14(3,4)7-12(10)17(8)9(2)13(16)18/h5,9,11H,6-7,15H2,1-4H3,(H2,16,18). The number of fused-ring (bicyclic) bond motifs is 1. The molecule has 0 aliphatic heterocycles. The van der Waals surface area contributed by atoms with Crippen LogP contribution in [0.2, 0.25) is 0 Å². The summed E-state index contributed by atoms with van der Waals surface area (Å²) in [5.41, 5.74) is 15.3. The first kappa shape index (κ1) is 13.1. The molecule has 2 atom stereocenters. The molecule has 1 heterocycles. The summed E-state index contributed by atoms with van der Waals surface area (Å²) in [6.45, 7) is 8.30. The van der Waals surface area contributed by atoms with Gasteiger partial charge in [0.05, 0.1) is 0 Å². The molecule has 1 aromatic rings. The van der Waals surface area contributed by atoms with Crippen molar-refractivity contribution in [3.05, 3.63) is 23.0 Å². The van der Waals surface area contributed by atoms with Gasteiger partial charge in [-0.05, 0) is 43.7 Å². The number of aromatic nitrogens is 1. The number of carbonyl (C=O) groups excluding carboxylic acids is 1. The van der Waals surface area contributed by atoms with Crippen LogP contribution in [0.15, 0.2) is 6.07 Å². The molecular formula is C14H23N3O. The Kier molecular flexibility index (Phi) is 3.01. The summed E-state index contributed by atoms with van der Waals surface area (Å²) in [5.74, 6) is -0.298. The van der Waals surface area contributed by atoms with Gasteiger partial charge < -0.3 is 16.0 Å². The summed E-state index contributed by atoms with van der Waals surface area (Å²) in [4.78, 5) is 11.4. The summed E-state index contributed by atoms with van der Waals surface area (Å²) >= 11 is 0. The van der Waals surface area contributed by atoms with Crippen molar-refractivity contribution in [1.82, 2.24) is 4.57 Å². The van der Waals surface area contributed by atoms with Crippen molar-refractivity contribution in [2.45, 2.75) is 52.6 Å². The number of rotatable bonds is 2. The van der Waals surface area contributed by atoms with E-state index in [-0.39, 0.29) is 23.4 Å². The molecule has 0 saturated carbocycles. The molecule has 0 fully saturated rings. The minimum absolute atomic E-state index is 0.0591. The molecule has 0 radical (unpaired) electrons. The van der Waals surface area contributed by atoms with E-state index in [4.69, 9.17) is 11.5 Å². The van der Waals surface area contributed by atoms with Crippen LogP contribution in [-0.4, -0.2) is 10.5 Å². The van der Waals surface area contributed by atoms with Crippen LogP contribution in [0.1, 0.15) is 56.2 Å². The molecule has 1 aliphatic carbocycles. The normalized spacial score (nSPS) is 23.5. The molecular weight excluding hydrogens is 226 g/mol. The third-order valence-electron chi connectivity index (χ3n) is 3.99. The second-order valence-electron chi connectivity index (χ2n) is 6.29. The number of hydrogen-bond acceptors (Lipinski definition) is 2. The highest BCUT2D eigenvalue weighted by Gasteiger charge is 2.34. The molecule has 1 aliphatic rings. The SMILES string of the molecule is Cc1cc2c(n1C(C)C(N)=O)CC(C)(C)CC2N. The summed E-state index contributed by atoms with van der Waals surface area (Å²) in [5, 5.41) is 0. The molecule has 18 heavy (non-hydrogen) atoms. The zero-order valence-electron chi connectivity index (χ0n) is 11.7. The lowest BCUT2D eigenvalue weighted by molar-refractivity contribution is -0.120. The molecule has 1 amide bonds. The van der Waals surface area contributed by atoms with Crippen LogP contribution in [0.25, 0.3) is 0 Å². The maximum Gasteiger partial charge on any atom is 0.240 e. The van der Waals surface area contributed by atoms with Gasteiger partial charge in [0.25, 0.3) is 0 Å². The Morgan fingerprint density at radius 3 is 2.72 bits per heavy atom. The monoisotopic (exact) mass is 249 g/mol. The number of nitrogens with two attached hydrogens (primary N) is 2. The van der Waals surface area contributed by atoms with E-state index in [9.17, 15) is 4.79 Å². The zero-order chi connectivity index (χ0) is 13.7. The van der Waals surface area contributed by atoms with Crippen LogP contribution in [0.3, 0.4) is 0 Å². The largest absolute Gasteiger partial charge is 0.368 e. The Morgan fingerprint density at radius 1 is 1.56 bits per heavy atom. The van der Waals surface area contributed by atoms with E-state index < -0.39 is 0 Å². The highest BCUT2D eigenvalue weighted by Crippen LogP contribution is 2.41. The fraction of sp³-hybridized carbons (Fsp3) is 0.643. The molecule has 4 heteroatoms. The first-order valence-corrected chi connectivity index (χ1v) is 6.48. The van der Waals surface area contributed by atoms with Crippen LogP contribution in [0.5, 0.6) is 0 Å². The molecule has 0 bridgehead atoms. The van der Waals surface area contributed by atoms with Crippen LogP contribution in [0, 0.1) is 12.3 Å². The van der Waals surface area contributed by atoms with Gasteiger partial charge in [-0.2, -0.15) is 0 Å². The average molecular weight is 249 g/mol. The quantitative estimate of drug-likeness (QED) is 0.839. The fourth-order valence-corrected chi connectivity index (χ4v) is 3.14. The van der Waals surface area contributed by atoms with E-state index in [1.165, 1.54) is 11.3 Å². The van der Waals surface area contributed by atoms with Crippen molar-refractivity contribution < 1.29 is 4.79 Å². The summed E-state index contributed by atoms with van der Waals surface area (Å²) in [7, 11) is 0. The molecule has 0 saturated heterocycles. The van der Waals surface area contributed by atoms with Crippen molar-refractivity contribution >= 4 is 5.91 Å². The highest BCUT2D eigenvalue weighted by molar-refractivity contribution is 5.78. The van der Waals surface area contributed by atoms with E-state index in [0.717, 1.165) is 18.5 Å². The van der Waals surface area contributed by atoms with E-state index in [1.54, 1.807) is 0 Å². The average Bonchev–Trinajstić information content (AvgIpc) is 2.52. The topological polar surface area (TPSA) is 74.0 Å². The van der Waals surface area contributed by atoms with Gasteiger partial charge in [0.2, 0.25) is 5.91 Å². The predicted octanol–water partition coefficient (Wildman–Crippen LogP) is 1.82. The van der Waals surface area contributed by atoms with E-state index in [2.05, 4.69) is 24.5 Å². The van der Waals surface area contributed by atoms with Gasteiger partial charge in [0, 0.05) is 17.4 Å². The van der Waals surface area contributed by atoms with Crippen LogP contribution in [-0.2, 0) is 11.2 Å². The molecule has 4 N–H and O–H groups in total. The zero-order valence-corrected chi connectivity index (χ0v) is 11.7. The number of carbonyl (C=O) groups is 1. The van der Waals surface area contributed by atoms with Gasteiger partial charge in [-0.15, -0.1) is 0 Å². The van der Waals surface area contributed by atoms with Crippen molar-refractivity contribution in [1.29, 1.82) is 0 Å². The maximum atomic E-state index is 11.4. The number of nitrogens with zero attached hydrogens (tertiary/aromatic N) is 1. The van der Waals surface area contributed by atoms with Gasteiger partial charge in [-0.3, -0.25) is 4.79 Å². The minimum Gasteiger partial charge on any atom is -0.368 e. The number of hydrogen-bond donors (Lipinski definition) is 2. The summed E-state index contributed by atoms with van der Waals surface area (Å²) in [6, 6.07) is 1.85. The molecule has 0 aromatic carbocycles. The third kappa shape index (κ3) is 2.05. The van der Waals surface area contributed by atoms with Crippen molar-refractivity contribution in [2.75, 3.05) is 0 Å². The second kappa shape index (κ2) is 4.12. The van der Waals surface area contributed by atoms with Crippen molar-refractivity contribution in [3.63, 3.8) is 0 Å². The van der Waals surface area contributed by atoms with Crippen LogP contribution >= 0.6 is 0 Å². The molecule has 0 spiro atoms. The van der Waals surface area contributed by atoms with Gasteiger partial charge >= 0.3 is 0 Å². The lowest BCUT2D eigenvalue weighted by atomic mass is 9.74. The Bertz CT molecular complexity index is 487. The second-order valence-corrected chi connectivity index (χ2v) is 6.29. The van der Waals surface area contributed by atoms with E-state index in [1.807, 2.05) is 13.8 Å². The van der Waals surface area contributed by atoms with Crippen LogP contribution < -0.4 is 11.5 Å². The Hall–Kier alpha value is -1.29. The van der Waals surface area contributed by atoms with Crippen LogP contribution in [0.4, 0.5) is 0 Å². The lowest BCUT2D eigenvalue weighted by Crippen LogP contribution is -2.33. The number of primary amides is 1. The smallest absolute Gasteiger partial charge is 0.240 e. The van der Waals surface area contributed by atoms with Gasteiger partial charge in [0.15, 0.2) is 0 Å². The van der Waals surface area contributed by atoms with E-state index in [0.29, 0.717) is 0 Å². The van der Waals surface area contributed by atoms with Gasteiger partial charge in [-0.25, -0.2) is 0 Å². The van der Waals surface area contributed by atoms with E-state index >= 15 is 0 Å². The summed E-state index contributed by atoms with van der Waals surface area (Å²) in [6.07, 6.45) is 1.93. The fourth-order valence-electron chi connectivity index (χ4n) is 3.14. The molecule has 4 nitrogen and oxygen atoms in total. The molecule has 100 valence electrons. The molecule has 2 rings (SSSR count). The van der Waals surface area contributed by atoms with Crippen molar-refractivity contribution in [2.24, 2.45) is 16.9 Å². The summed E-state index contributed by atoms with van der Waals surface area (Å²) < 4.78 is 2.05. The first-order chi connectivity index (χ1) is 8.23. The Labute approximate surface area is 108 Å². The Balaban J connectivity index is 2.54. The predicted molar refractivity (Wildman–Crippen MR) is 72.1 cm³/mol. The lowest BCUT2D eigenvalue weighted by Gasteiger charge is -2.35. The number of amides is 1. The first-order valence-electron chi connectivity index (χ1n) is 6.48. The minimum atomic E-state index is -0.310. The maximum absolute atomic E-state index is 11.4. The van der Waals surface area contributed by atoms with Gasteiger partial charge in [0.1, 0.15) is 6.04 Å². The molecule has 1 aromatic heterocycles. The van der Waals surface area contributed by atoms with Crippen molar-refractivity contribution in [3.8, 4) is 0 Å².